The maximum absolute atomic E-state index is 12.1. The SMILES string of the molecule is C=CCC1(CC=C)C(=O)OCC1NCc1ccccc1. The average molecular weight is 271 g/mol. The summed E-state index contributed by atoms with van der Waals surface area (Å²) >= 11 is 0. The maximum Gasteiger partial charge on any atom is 0.314 e. The minimum Gasteiger partial charge on any atom is -0.464 e. The van der Waals surface area contributed by atoms with E-state index >= 15 is 0 Å². The summed E-state index contributed by atoms with van der Waals surface area (Å²) in [5.74, 6) is -0.150. The predicted molar refractivity (Wildman–Crippen MR) is 80.1 cm³/mol. The zero-order chi connectivity index (χ0) is 14.4. The first-order chi connectivity index (χ1) is 9.73. The molecule has 0 aliphatic carbocycles. The van der Waals surface area contributed by atoms with Crippen LogP contribution in [0.15, 0.2) is 55.6 Å². The van der Waals surface area contributed by atoms with E-state index in [0.29, 0.717) is 19.4 Å². The Balaban J connectivity index is 2.10. The fourth-order valence-electron chi connectivity index (χ4n) is 2.75. The van der Waals surface area contributed by atoms with E-state index in [-0.39, 0.29) is 12.0 Å². The first kappa shape index (κ1) is 14.5. The average Bonchev–Trinajstić information content (AvgIpc) is 2.76. The molecule has 3 nitrogen and oxygen atoms in total. The quantitative estimate of drug-likeness (QED) is 0.612. The Morgan fingerprint density at radius 3 is 2.50 bits per heavy atom. The molecule has 2 rings (SSSR count). The molecule has 106 valence electrons. The number of rotatable bonds is 7. The zero-order valence-corrected chi connectivity index (χ0v) is 11.7. The van der Waals surface area contributed by atoms with Gasteiger partial charge in [0.1, 0.15) is 6.61 Å². The Morgan fingerprint density at radius 1 is 1.25 bits per heavy atom. The van der Waals surface area contributed by atoms with Crippen molar-refractivity contribution in [2.24, 2.45) is 5.41 Å². The van der Waals surface area contributed by atoms with E-state index in [2.05, 4.69) is 30.6 Å². The number of cyclic esters (lactones) is 1. The minimum absolute atomic E-state index is 0.00814. The van der Waals surface area contributed by atoms with Crippen LogP contribution in [-0.2, 0) is 16.1 Å². The normalized spacial score (nSPS) is 20.4. The number of esters is 1. The third kappa shape index (κ3) is 2.83. The van der Waals surface area contributed by atoms with Gasteiger partial charge in [0.2, 0.25) is 0 Å². The molecule has 1 aromatic carbocycles. The van der Waals surface area contributed by atoms with Crippen LogP contribution in [0.2, 0.25) is 0 Å². The summed E-state index contributed by atoms with van der Waals surface area (Å²) in [5.41, 5.74) is 0.635. The van der Waals surface area contributed by atoms with Gasteiger partial charge in [0.15, 0.2) is 0 Å². The molecule has 1 saturated heterocycles. The summed E-state index contributed by atoms with van der Waals surface area (Å²) in [6, 6.07) is 10.1. The number of ether oxygens (including phenoxy) is 1. The summed E-state index contributed by atoms with van der Waals surface area (Å²) in [6.45, 7) is 8.67. The zero-order valence-electron chi connectivity index (χ0n) is 11.7. The van der Waals surface area contributed by atoms with Crippen LogP contribution in [0.1, 0.15) is 18.4 Å². The molecule has 0 radical (unpaired) electrons. The number of benzene rings is 1. The molecule has 0 spiro atoms. The third-order valence-corrected chi connectivity index (χ3v) is 3.87. The molecule has 1 aliphatic heterocycles. The van der Waals surface area contributed by atoms with Crippen LogP contribution in [-0.4, -0.2) is 18.6 Å². The van der Waals surface area contributed by atoms with Gasteiger partial charge < -0.3 is 10.1 Å². The molecule has 20 heavy (non-hydrogen) atoms. The van der Waals surface area contributed by atoms with E-state index in [4.69, 9.17) is 4.74 Å². The van der Waals surface area contributed by atoms with Gasteiger partial charge >= 0.3 is 5.97 Å². The highest BCUT2D eigenvalue weighted by Crippen LogP contribution is 2.38. The van der Waals surface area contributed by atoms with Crippen molar-refractivity contribution >= 4 is 5.97 Å². The van der Waals surface area contributed by atoms with Crippen molar-refractivity contribution in [1.29, 1.82) is 0 Å². The lowest BCUT2D eigenvalue weighted by Gasteiger charge is -2.29. The third-order valence-electron chi connectivity index (χ3n) is 3.87. The van der Waals surface area contributed by atoms with Crippen molar-refractivity contribution in [2.45, 2.75) is 25.4 Å². The second-order valence-corrected chi connectivity index (χ2v) is 5.16. The summed E-state index contributed by atoms with van der Waals surface area (Å²) < 4.78 is 5.28. The number of hydrogen-bond acceptors (Lipinski definition) is 3. The van der Waals surface area contributed by atoms with Gasteiger partial charge in [0.05, 0.1) is 11.5 Å². The highest BCUT2D eigenvalue weighted by Gasteiger charge is 2.50. The smallest absolute Gasteiger partial charge is 0.314 e. The van der Waals surface area contributed by atoms with Crippen LogP contribution in [0.25, 0.3) is 0 Å². The van der Waals surface area contributed by atoms with Crippen molar-refractivity contribution in [2.75, 3.05) is 6.61 Å². The van der Waals surface area contributed by atoms with E-state index < -0.39 is 5.41 Å². The fraction of sp³-hybridized carbons (Fsp3) is 0.353. The molecule has 1 atom stereocenters. The van der Waals surface area contributed by atoms with Gasteiger partial charge in [-0.15, -0.1) is 13.2 Å². The lowest BCUT2D eigenvalue weighted by Crippen LogP contribution is -2.45. The highest BCUT2D eigenvalue weighted by atomic mass is 16.5. The molecule has 1 unspecified atom stereocenters. The molecule has 1 aliphatic rings. The molecular formula is C17H21NO2. The summed E-state index contributed by atoms with van der Waals surface area (Å²) in [4.78, 5) is 12.1. The lowest BCUT2D eigenvalue weighted by molar-refractivity contribution is -0.146. The molecule has 0 bridgehead atoms. The largest absolute Gasteiger partial charge is 0.464 e. The van der Waals surface area contributed by atoms with Crippen molar-refractivity contribution < 1.29 is 9.53 Å². The van der Waals surface area contributed by atoms with Crippen molar-refractivity contribution in [3.8, 4) is 0 Å². The molecule has 3 heteroatoms. The fourth-order valence-corrected chi connectivity index (χ4v) is 2.75. The Morgan fingerprint density at radius 2 is 1.90 bits per heavy atom. The summed E-state index contributed by atoms with van der Waals surface area (Å²) in [5, 5.41) is 3.45. The van der Waals surface area contributed by atoms with Crippen LogP contribution in [0.3, 0.4) is 0 Å². The number of carbonyl (C=O) groups is 1. The Bertz CT molecular complexity index is 471. The van der Waals surface area contributed by atoms with Gasteiger partial charge in [0.25, 0.3) is 0 Å². The molecule has 0 aromatic heterocycles. The molecule has 0 amide bonds. The molecule has 1 aromatic rings. The van der Waals surface area contributed by atoms with Gasteiger partial charge in [-0.3, -0.25) is 4.79 Å². The number of carbonyl (C=O) groups excluding carboxylic acids is 1. The van der Waals surface area contributed by atoms with Crippen LogP contribution < -0.4 is 5.32 Å². The van der Waals surface area contributed by atoms with Crippen molar-refractivity contribution in [3.63, 3.8) is 0 Å². The minimum atomic E-state index is -0.557. The Hall–Kier alpha value is -1.87. The van der Waals surface area contributed by atoms with Gasteiger partial charge in [-0.1, -0.05) is 42.5 Å². The van der Waals surface area contributed by atoms with E-state index in [0.717, 1.165) is 6.54 Å². The van der Waals surface area contributed by atoms with Crippen LogP contribution in [0.4, 0.5) is 0 Å². The number of nitrogens with one attached hydrogen (secondary N) is 1. The van der Waals surface area contributed by atoms with Crippen LogP contribution in [0.5, 0.6) is 0 Å². The summed E-state index contributed by atoms with van der Waals surface area (Å²) in [7, 11) is 0. The first-order valence-corrected chi connectivity index (χ1v) is 6.89. The molecule has 0 saturated carbocycles. The second kappa shape index (κ2) is 6.53. The first-order valence-electron chi connectivity index (χ1n) is 6.89. The second-order valence-electron chi connectivity index (χ2n) is 5.16. The molecule has 1 fully saturated rings. The van der Waals surface area contributed by atoms with E-state index in [1.54, 1.807) is 12.2 Å². The Kier molecular flexibility index (Phi) is 4.74. The predicted octanol–water partition coefficient (Wildman–Crippen LogP) is 2.84. The van der Waals surface area contributed by atoms with E-state index in [9.17, 15) is 4.79 Å². The van der Waals surface area contributed by atoms with Crippen LogP contribution in [0, 0.1) is 5.41 Å². The standard InChI is InChI=1S/C17H21NO2/c1-3-10-17(11-4-2)15(13-20-16(17)19)18-12-14-8-6-5-7-9-14/h3-9,15,18H,1-2,10-13H2. The van der Waals surface area contributed by atoms with Crippen molar-refractivity contribution in [1.82, 2.24) is 5.32 Å². The van der Waals surface area contributed by atoms with Gasteiger partial charge in [-0.25, -0.2) is 0 Å². The topological polar surface area (TPSA) is 38.3 Å². The van der Waals surface area contributed by atoms with Crippen LogP contribution >= 0.6 is 0 Å². The van der Waals surface area contributed by atoms with Gasteiger partial charge in [0, 0.05) is 6.54 Å². The Labute approximate surface area is 120 Å². The maximum atomic E-state index is 12.1. The van der Waals surface area contributed by atoms with E-state index in [1.807, 2.05) is 18.2 Å². The molecular weight excluding hydrogens is 250 g/mol. The van der Waals surface area contributed by atoms with Crippen molar-refractivity contribution in [3.05, 3.63) is 61.2 Å². The lowest BCUT2D eigenvalue weighted by atomic mass is 9.76. The summed E-state index contributed by atoms with van der Waals surface area (Å²) in [6.07, 6.45) is 4.77. The van der Waals surface area contributed by atoms with Gasteiger partial charge in [-0.2, -0.15) is 0 Å². The number of hydrogen-bond donors (Lipinski definition) is 1. The monoisotopic (exact) mass is 271 g/mol. The number of allylic oxidation sites excluding steroid dienone is 2. The molecule has 1 N–H and O–H groups in total. The van der Waals surface area contributed by atoms with E-state index in [1.165, 1.54) is 5.56 Å². The molecule has 1 heterocycles. The van der Waals surface area contributed by atoms with Gasteiger partial charge in [-0.05, 0) is 18.4 Å². The highest BCUT2D eigenvalue weighted by molar-refractivity contribution is 5.80.